The molecule has 0 unspecified atom stereocenters. The van der Waals surface area contributed by atoms with E-state index >= 15 is 0 Å². The quantitative estimate of drug-likeness (QED) is 0.0771. The Kier molecular flexibility index (Phi) is 17.2. The SMILES string of the molecule is CC.CCCCNCC(C)(C)c1ccc(OCCOCCN(C)CCC[P+](c2ccccc2)(c2ccccc2)c2ccccc2)cc1. The fourth-order valence-electron chi connectivity index (χ4n) is 5.92. The molecule has 0 fully saturated rings. The molecule has 1 N–H and O–H groups in total. The summed E-state index contributed by atoms with van der Waals surface area (Å²) in [6.45, 7) is 16.7. The summed E-state index contributed by atoms with van der Waals surface area (Å²) >= 11 is 0. The van der Waals surface area contributed by atoms with Gasteiger partial charge in [0.15, 0.2) is 0 Å². The van der Waals surface area contributed by atoms with Gasteiger partial charge in [-0.1, -0.05) is 108 Å². The van der Waals surface area contributed by atoms with Gasteiger partial charge in [-0.15, -0.1) is 0 Å². The molecule has 0 aromatic heterocycles. The molecule has 0 spiro atoms. The summed E-state index contributed by atoms with van der Waals surface area (Å²) in [5.74, 6) is 0.899. The first-order valence-electron chi connectivity index (χ1n) is 17.7. The molecular weight excluding hydrogens is 595 g/mol. The Hall–Kier alpha value is -3.01. The lowest BCUT2D eigenvalue weighted by Gasteiger charge is -2.28. The smallest absolute Gasteiger partial charge is 0.119 e. The molecule has 0 saturated carbocycles. The van der Waals surface area contributed by atoms with Crippen molar-refractivity contribution in [1.82, 2.24) is 10.2 Å². The Labute approximate surface area is 287 Å². The van der Waals surface area contributed by atoms with Crippen LogP contribution >= 0.6 is 7.26 Å². The van der Waals surface area contributed by atoms with E-state index in [0.29, 0.717) is 19.8 Å². The van der Waals surface area contributed by atoms with Crippen molar-refractivity contribution < 1.29 is 9.47 Å². The summed E-state index contributed by atoms with van der Waals surface area (Å²) in [5.41, 5.74) is 1.42. The predicted octanol–water partition coefficient (Wildman–Crippen LogP) is 8.09. The summed E-state index contributed by atoms with van der Waals surface area (Å²) in [6.07, 6.45) is 4.70. The minimum atomic E-state index is -1.78. The number of rotatable bonds is 20. The number of hydrogen-bond acceptors (Lipinski definition) is 4. The normalized spacial score (nSPS) is 11.6. The van der Waals surface area contributed by atoms with E-state index in [4.69, 9.17) is 9.47 Å². The molecule has 0 aliphatic rings. The van der Waals surface area contributed by atoms with Gasteiger partial charge in [0.05, 0.1) is 19.4 Å². The molecule has 0 radical (unpaired) electrons. The maximum Gasteiger partial charge on any atom is 0.119 e. The van der Waals surface area contributed by atoms with Crippen molar-refractivity contribution in [3.05, 3.63) is 121 Å². The Balaban J connectivity index is 0.00000294. The maximum absolute atomic E-state index is 5.97. The molecule has 0 saturated heterocycles. The highest BCUT2D eigenvalue weighted by atomic mass is 31.2. The first-order valence-corrected chi connectivity index (χ1v) is 19.7. The van der Waals surface area contributed by atoms with Gasteiger partial charge in [-0.25, -0.2) is 0 Å². The third-order valence-electron chi connectivity index (χ3n) is 8.65. The van der Waals surface area contributed by atoms with E-state index in [-0.39, 0.29) is 5.41 Å². The first kappa shape index (κ1) is 38.4. The Morgan fingerprint density at radius 1 is 0.660 bits per heavy atom. The zero-order chi connectivity index (χ0) is 33.8. The molecular formula is C42H60N2O2P+. The number of benzene rings is 4. The van der Waals surface area contributed by atoms with Crippen LogP contribution in [-0.4, -0.2) is 64.1 Å². The molecule has 0 heterocycles. The number of likely N-dealkylation sites (N-methyl/N-ethyl adjacent to an activating group) is 1. The molecule has 4 rings (SSSR count). The lowest BCUT2D eigenvalue weighted by molar-refractivity contribution is 0.0849. The minimum Gasteiger partial charge on any atom is -0.491 e. The van der Waals surface area contributed by atoms with E-state index in [0.717, 1.165) is 44.5 Å². The topological polar surface area (TPSA) is 33.7 Å². The molecule has 4 nitrogen and oxygen atoms in total. The van der Waals surface area contributed by atoms with Crippen LogP contribution in [0.5, 0.6) is 5.75 Å². The van der Waals surface area contributed by atoms with Crippen molar-refractivity contribution in [3.8, 4) is 5.75 Å². The van der Waals surface area contributed by atoms with Crippen LogP contribution in [0.1, 0.15) is 59.4 Å². The second kappa shape index (κ2) is 21.1. The van der Waals surface area contributed by atoms with Crippen LogP contribution in [0.4, 0.5) is 0 Å². The zero-order valence-electron chi connectivity index (χ0n) is 30.0. The fourth-order valence-corrected chi connectivity index (χ4v) is 10.2. The molecule has 0 aliphatic carbocycles. The minimum absolute atomic E-state index is 0.0926. The lowest BCUT2D eigenvalue weighted by Crippen LogP contribution is -2.34. The molecule has 254 valence electrons. The summed E-state index contributed by atoms with van der Waals surface area (Å²) < 4.78 is 11.9. The van der Waals surface area contributed by atoms with Gasteiger partial charge in [0.2, 0.25) is 0 Å². The van der Waals surface area contributed by atoms with Gasteiger partial charge in [0.1, 0.15) is 35.5 Å². The first-order chi connectivity index (χ1) is 23.0. The van der Waals surface area contributed by atoms with E-state index in [1.165, 1.54) is 34.3 Å². The number of nitrogens with one attached hydrogen (secondary N) is 1. The van der Waals surface area contributed by atoms with E-state index in [2.05, 4.69) is 153 Å². The van der Waals surface area contributed by atoms with Crippen LogP contribution in [0.25, 0.3) is 0 Å². The standard InChI is InChI=1S/C40H54N2O2P.C2H6/c1-5-6-27-41-34-40(2,3)35-23-25-36(26-24-35)44-32-31-43-30-29-42(4)28-16-33-45(37-17-10-7-11-18-37,38-19-12-8-13-20-38)39-21-14-9-15-22-39;1-2/h7-15,17-26,41H,5-6,16,27-34H2,1-4H3;1-2H3/q+1;. The average molecular weight is 656 g/mol. The lowest BCUT2D eigenvalue weighted by atomic mass is 9.84. The second-order valence-corrected chi connectivity index (χ2v) is 16.2. The van der Waals surface area contributed by atoms with Crippen molar-refractivity contribution in [2.24, 2.45) is 0 Å². The van der Waals surface area contributed by atoms with Crippen LogP contribution in [0.15, 0.2) is 115 Å². The molecule has 0 atom stereocenters. The van der Waals surface area contributed by atoms with E-state index in [9.17, 15) is 0 Å². The van der Waals surface area contributed by atoms with Crippen LogP contribution < -0.4 is 26.0 Å². The molecule has 0 aliphatic heterocycles. The monoisotopic (exact) mass is 655 g/mol. The van der Waals surface area contributed by atoms with Crippen LogP contribution in [-0.2, 0) is 10.2 Å². The van der Waals surface area contributed by atoms with Crippen molar-refractivity contribution in [3.63, 3.8) is 0 Å². The van der Waals surface area contributed by atoms with E-state index in [1.54, 1.807) is 0 Å². The zero-order valence-corrected chi connectivity index (χ0v) is 30.9. The highest BCUT2D eigenvalue weighted by molar-refractivity contribution is 7.95. The Morgan fingerprint density at radius 3 is 1.70 bits per heavy atom. The summed E-state index contributed by atoms with van der Waals surface area (Å²) in [7, 11) is 0.427. The number of hydrogen-bond donors (Lipinski definition) is 1. The largest absolute Gasteiger partial charge is 0.491 e. The van der Waals surface area contributed by atoms with Gasteiger partial charge in [-0.3, -0.25) is 0 Å². The summed E-state index contributed by atoms with van der Waals surface area (Å²) in [5, 5.41) is 7.94. The molecule has 0 amide bonds. The van der Waals surface area contributed by atoms with Gasteiger partial charge < -0.3 is 19.7 Å². The number of unbranched alkanes of at least 4 members (excludes halogenated alkanes) is 1. The predicted molar refractivity (Wildman–Crippen MR) is 207 cm³/mol. The van der Waals surface area contributed by atoms with Crippen LogP contribution in [0, 0.1) is 0 Å². The average Bonchev–Trinajstić information content (AvgIpc) is 3.12. The van der Waals surface area contributed by atoms with Crippen molar-refractivity contribution in [1.29, 1.82) is 0 Å². The number of ether oxygens (including phenoxy) is 2. The third kappa shape index (κ3) is 11.9. The highest BCUT2D eigenvalue weighted by Gasteiger charge is 2.44. The third-order valence-corrected chi connectivity index (χ3v) is 13.2. The van der Waals surface area contributed by atoms with Crippen molar-refractivity contribution >= 4 is 23.2 Å². The van der Waals surface area contributed by atoms with Crippen LogP contribution in [0.2, 0.25) is 0 Å². The van der Waals surface area contributed by atoms with E-state index < -0.39 is 7.26 Å². The second-order valence-electron chi connectivity index (χ2n) is 12.6. The Bertz CT molecular complexity index is 1250. The Morgan fingerprint density at radius 2 is 1.19 bits per heavy atom. The molecule has 5 heteroatoms. The van der Waals surface area contributed by atoms with Gasteiger partial charge in [0, 0.05) is 25.0 Å². The highest BCUT2D eigenvalue weighted by Crippen LogP contribution is 2.55. The summed E-state index contributed by atoms with van der Waals surface area (Å²) in [6, 6.07) is 42.0. The van der Waals surface area contributed by atoms with E-state index in [1.807, 2.05) is 13.8 Å². The fraction of sp³-hybridized carbons (Fsp3) is 0.429. The molecule has 4 aromatic rings. The molecule has 4 aromatic carbocycles. The van der Waals surface area contributed by atoms with Gasteiger partial charge in [-0.05, 0) is 80.5 Å². The van der Waals surface area contributed by atoms with Crippen LogP contribution in [0.3, 0.4) is 0 Å². The van der Waals surface area contributed by atoms with Gasteiger partial charge >= 0.3 is 0 Å². The summed E-state index contributed by atoms with van der Waals surface area (Å²) in [4.78, 5) is 2.40. The van der Waals surface area contributed by atoms with Gasteiger partial charge in [-0.2, -0.15) is 0 Å². The molecule has 0 bridgehead atoms. The molecule has 47 heavy (non-hydrogen) atoms. The van der Waals surface area contributed by atoms with Gasteiger partial charge in [0.25, 0.3) is 0 Å². The maximum atomic E-state index is 5.97. The van der Waals surface area contributed by atoms with Crippen molar-refractivity contribution in [2.45, 2.75) is 59.3 Å². The number of nitrogens with zero attached hydrogens (tertiary/aromatic N) is 1. The van der Waals surface area contributed by atoms with Crippen molar-refractivity contribution in [2.75, 3.05) is 59.2 Å².